The Morgan fingerprint density at radius 2 is 1.83 bits per heavy atom. The minimum Gasteiger partial charge on any atom is -0.309 e. The lowest BCUT2D eigenvalue weighted by Gasteiger charge is -2.13. The molecule has 1 aromatic carbocycles. The number of hydrogen-bond acceptors (Lipinski definition) is 4. The maximum absolute atomic E-state index is 12.5. The molecule has 2 N–H and O–H groups in total. The number of carbonyl (C=O) groups is 1. The van der Waals surface area contributed by atoms with Crippen LogP contribution in [0.5, 0.6) is 0 Å². The first-order chi connectivity index (χ1) is 11.2. The average Bonchev–Trinajstić information content (AvgIpc) is 2.81. The Hall–Kier alpha value is -2.19. The van der Waals surface area contributed by atoms with E-state index in [4.69, 9.17) is 0 Å². The molecule has 0 saturated heterocycles. The number of hydrogen-bond donors (Lipinski definition) is 2. The van der Waals surface area contributed by atoms with Crippen molar-refractivity contribution < 1.29 is 13.2 Å². The van der Waals surface area contributed by atoms with Gasteiger partial charge < -0.3 is 5.32 Å². The van der Waals surface area contributed by atoms with Crippen molar-refractivity contribution in [2.24, 2.45) is 7.05 Å². The third-order valence-electron chi connectivity index (χ3n) is 3.50. The van der Waals surface area contributed by atoms with Gasteiger partial charge in [0.1, 0.15) is 0 Å². The van der Waals surface area contributed by atoms with Crippen molar-refractivity contribution in [1.29, 1.82) is 0 Å². The van der Waals surface area contributed by atoms with Gasteiger partial charge >= 0.3 is 0 Å². The normalized spacial score (nSPS) is 11.5. The molecule has 0 aliphatic heterocycles. The van der Waals surface area contributed by atoms with Crippen LogP contribution in [0.2, 0.25) is 0 Å². The molecule has 130 valence electrons. The molecule has 0 saturated carbocycles. The van der Waals surface area contributed by atoms with Crippen molar-refractivity contribution in [3.05, 3.63) is 41.1 Å². The van der Waals surface area contributed by atoms with Crippen LogP contribution in [0.1, 0.15) is 23.1 Å². The summed E-state index contributed by atoms with van der Waals surface area (Å²) in [5.41, 5.74) is 2.40. The van der Waals surface area contributed by atoms with E-state index in [1.165, 1.54) is 0 Å². The molecule has 0 aliphatic carbocycles. The van der Waals surface area contributed by atoms with Crippen LogP contribution in [0, 0.1) is 20.8 Å². The van der Waals surface area contributed by atoms with Gasteiger partial charge in [0.25, 0.3) is 0 Å². The van der Waals surface area contributed by atoms with Gasteiger partial charge in [-0.2, -0.15) is 5.10 Å². The van der Waals surface area contributed by atoms with Gasteiger partial charge in [-0.1, -0.05) is 17.7 Å². The van der Waals surface area contributed by atoms with E-state index >= 15 is 0 Å². The number of aromatic nitrogens is 2. The highest BCUT2D eigenvalue weighted by Gasteiger charge is 2.19. The molecule has 2 aromatic rings. The maximum Gasteiger partial charge on any atom is 0.241 e. The van der Waals surface area contributed by atoms with E-state index in [1.54, 1.807) is 37.8 Å². The standard InChI is InChI=1S/C16H22N4O3S/c1-11-9-12(2)16(13(3)10-11)24(22,23)17-7-5-15(21)18-14-6-8-20(4)19-14/h6,8-10,17H,5,7H2,1-4H3,(H,18,19,21). The van der Waals surface area contributed by atoms with Crippen LogP contribution in [-0.2, 0) is 21.9 Å². The van der Waals surface area contributed by atoms with E-state index in [0.29, 0.717) is 16.9 Å². The number of benzene rings is 1. The fourth-order valence-electron chi connectivity index (χ4n) is 2.65. The summed E-state index contributed by atoms with van der Waals surface area (Å²) in [6.07, 6.45) is 1.74. The summed E-state index contributed by atoms with van der Waals surface area (Å²) < 4.78 is 29.0. The Balaban J connectivity index is 1.97. The first-order valence-corrected chi connectivity index (χ1v) is 9.04. The maximum atomic E-state index is 12.5. The van der Waals surface area contributed by atoms with E-state index in [1.807, 2.05) is 19.1 Å². The highest BCUT2D eigenvalue weighted by Crippen LogP contribution is 2.21. The zero-order chi connectivity index (χ0) is 17.9. The lowest BCUT2D eigenvalue weighted by Crippen LogP contribution is -2.29. The molecule has 0 bridgehead atoms. The predicted octanol–water partition coefficient (Wildman–Crippen LogP) is 1.65. The predicted molar refractivity (Wildman–Crippen MR) is 92.3 cm³/mol. The second-order valence-corrected chi connectivity index (χ2v) is 7.50. The zero-order valence-corrected chi connectivity index (χ0v) is 15.1. The average molecular weight is 350 g/mol. The Kier molecular flexibility index (Phi) is 5.40. The highest BCUT2D eigenvalue weighted by atomic mass is 32.2. The number of nitrogens with zero attached hydrogens (tertiary/aromatic N) is 2. The minimum atomic E-state index is -3.65. The van der Waals surface area contributed by atoms with Gasteiger partial charge in [0.2, 0.25) is 15.9 Å². The van der Waals surface area contributed by atoms with E-state index in [9.17, 15) is 13.2 Å². The van der Waals surface area contributed by atoms with Crippen molar-refractivity contribution in [3.8, 4) is 0 Å². The summed E-state index contributed by atoms with van der Waals surface area (Å²) >= 11 is 0. The molecule has 0 atom stereocenters. The number of anilines is 1. The summed E-state index contributed by atoms with van der Waals surface area (Å²) in [6, 6.07) is 5.33. The van der Waals surface area contributed by atoms with Crippen LogP contribution in [0.15, 0.2) is 29.3 Å². The molecule has 1 heterocycles. The molecule has 7 nitrogen and oxygen atoms in total. The van der Waals surface area contributed by atoms with Crippen molar-refractivity contribution in [2.75, 3.05) is 11.9 Å². The lowest BCUT2D eigenvalue weighted by molar-refractivity contribution is -0.116. The molecule has 0 unspecified atom stereocenters. The van der Waals surface area contributed by atoms with Gasteiger partial charge in [-0.05, 0) is 31.9 Å². The largest absolute Gasteiger partial charge is 0.309 e. The smallest absolute Gasteiger partial charge is 0.241 e. The number of aryl methyl sites for hydroxylation is 4. The van der Waals surface area contributed by atoms with Crippen LogP contribution in [0.25, 0.3) is 0 Å². The first kappa shape index (κ1) is 18.2. The Morgan fingerprint density at radius 3 is 2.38 bits per heavy atom. The molecule has 1 aromatic heterocycles. The summed E-state index contributed by atoms with van der Waals surface area (Å²) in [6.45, 7) is 5.48. The van der Waals surface area contributed by atoms with Gasteiger partial charge in [-0.3, -0.25) is 9.48 Å². The molecule has 0 fully saturated rings. The molecule has 0 aliphatic rings. The Labute approximate surface area is 142 Å². The van der Waals surface area contributed by atoms with Crippen LogP contribution >= 0.6 is 0 Å². The van der Waals surface area contributed by atoms with Gasteiger partial charge in [0.15, 0.2) is 5.82 Å². The summed E-state index contributed by atoms with van der Waals surface area (Å²) in [4.78, 5) is 12.1. The van der Waals surface area contributed by atoms with Crippen LogP contribution in [0.3, 0.4) is 0 Å². The van der Waals surface area contributed by atoms with Crippen molar-refractivity contribution >= 4 is 21.7 Å². The minimum absolute atomic E-state index is 0.0216. The van der Waals surface area contributed by atoms with Gasteiger partial charge in [0.05, 0.1) is 4.90 Å². The van der Waals surface area contributed by atoms with E-state index in [-0.39, 0.29) is 23.8 Å². The number of amides is 1. The monoisotopic (exact) mass is 350 g/mol. The van der Waals surface area contributed by atoms with Gasteiger partial charge in [-0.25, -0.2) is 13.1 Å². The third kappa shape index (κ3) is 4.42. The number of nitrogens with one attached hydrogen (secondary N) is 2. The molecule has 24 heavy (non-hydrogen) atoms. The topological polar surface area (TPSA) is 93.1 Å². The number of sulfonamides is 1. The number of carbonyl (C=O) groups excluding carboxylic acids is 1. The SMILES string of the molecule is Cc1cc(C)c(S(=O)(=O)NCCC(=O)Nc2ccn(C)n2)c(C)c1. The van der Waals surface area contributed by atoms with Gasteiger partial charge in [-0.15, -0.1) is 0 Å². The summed E-state index contributed by atoms with van der Waals surface area (Å²) in [5.74, 6) is 0.143. The molecule has 8 heteroatoms. The van der Waals surface area contributed by atoms with E-state index < -0.39 is 10.0 Å². The van der Waals surface area contributed by atoms with Crippen molar-refractivity contribution in [2.45, 2.75) is 32.1 Å². The fourth-order valence-corrected chi connectivity index (χ4v) is 4.13. The molecule has 2 rings (SSSR count). The molecule has 0 radical (unpaired) electrons. The molecule has 0 spiro atoms. The second-order valence-electron chi connectivity index (χ2n) is 5.80. The van der Waals surface area contributed by atoms with E-state index in [0.717, 1.165) is 5.56 Å². The summed E-state index contributed by atoms with van der Waals surface area (Å²) in [5, 5.41) is 6.65. The lowest BCUT2D eigenvalue weighted by atomic mass is 10.1. The second kappa shape index (κ2) is 7.14. The first-order valence-electron chi connectivity index (χ1n) is 7.56. The Morgan fingerprint density at radius 1 is 1.21 bits per heavy atom. The van der Waals surface area contributed by atoms with Crippen molar-refractivity contribution in [3.63, 3.8) is 0 Å². The quantitative estimate of drug-likeness (QED) is 0.828. The third-order valence-corrected chi connectivity index (χ3v) is 5.26. The number of rotatable bonds is 6. The Bertz CT molecular complexity index is 833. The van der Waals surface area contributed by atoms with Crippen LogP contribution in [0.4, 0.5) is 5.82 Å². The fraction of sp³-hybridized carbons (Fsp3) is 0.375. The molecular weight excluding hydrogens is 328 g/mol. The molecular formula is C16H22N4O3S. The van der Waals surface area contributed by atoms with Crippen LogP contribution < -0.4 is 10.0 Å². The molecule has 1 amide bonds. The highest BCUT2D eigenvalue weighted by molar-refractivity contribution is 7.89. The summed E-state index contributed by atoms with van der Waals surface area (Å²) in [7, 11) is -1.91. The van der Waals surface area contributed by atoms with E-state index in [2.05, 4.69) is 15.1 Å². The van der Waals surface area contributed by atoms with Crippen molar-refractivity contribution in [1.82, 2.24) is 14.5 Å². The van der Waals surface area contributed by atoms with Gasteiger partial charge in [0, 0.05) is 32.3 Å². The van der Waals surface area contributed by atoms with Crippen LogP contribution in [-0.4, -0.2) is 30.7 Å². The zero-order valence-electron chi connectivity index (χ0n) is 14.3.